The van der Waals surface area contributed by atoms with Gasteiger partial charge in [0, 0.05) is 42.6 Å². The summed E-state index contributed by atoms with van der Waals surface area (Å²) in [5.74, 6) is -0.417. The van der Waals surface area contributed by atoms with Crippen molar-refractivity contribution in [1.29, 1.82) is 0 Å². The lowest BCUT2D eigenvalue weighted by molar-refractivity contribution is -0.140. The number of carbonyl (C=O) groups is 1. The molecule has 0 spiro atoms. The first kappa shape index (κ1) is 28.5. The van der Waals surface area contributed by atoms with Gasteiger partial charge in [-0.25, -0.2) is 14.4 Å². The Kier molecular flexibility index (Phi) is 7.75. The molecule has 1 aliphatic carbocycles. The lowest BCUT2D eigenvalue weighted by Gasteiger charge is -2.37. The van der Waals surface area contributed by atoms with Gasteiger partial charge in [0.1, 0.15) is 23.2 Å². The highest BCUT2D eigenvalue weighted by atomic mass is 19.4. The maximum atomic E-state index is 14.8. The highest BCUT2D eigenvalue weighted by Gasteiger charge is 2.40. The third-order valence-corrected chi connectivity index (χ3v) is 7.39. The van der Waals surface area contributed by atoms with Crippen molar-refractivity contribution in [3.63, 3.8) is 0 Å². The normalized spacial score (nSPS) is 20.5. The van der Waals surface area contributed by atoms with Crippen LogP contribution in [0.1, 0.15) is 61.2 Å². The van der Waals surface area contributed by atoms with E-state index in [1.165, 1.54) is 19.2 Å². The largest absolute Gasteiger partial charge is 0.496 e. The first-order valence-corrected chi connectivity index (χ1v) is 12.7. The van der Waals surface area contributed by atoms with Gasteiger partial charge in [-0.2, -0.15) is 13.2 Å². The monoisotopic (exact) mass is 548 g/mol. The van der Waals surface area contributed by atoms with E-state index < -0.39 is 29.2 Å². The molecule has 0 aliphatic heterocycles. The van der Waals surface area contributed by atoms with E-state index in [0.717, 1.165) is 0 Å². The number of hydrogen-bond acceptors (Lipinski definition) is 6. The summed E-state index contributed by atoms with van der Waals surface area (Å²) in [4.78, 5) is 22.9. The number of halogens is 4. The molecule has 0 saturated heterocycles. The molecule has 1 fully saturated rings. The number of nitrogens with one attached hydrogen (secondary N) is 1. The second kappa shape index (κ2) is 10.6. The number of aromatic nitrogens is 2. The summed E-state index contributed by atoms with van der Waals surface area (Å²) in [6.07, 6.45) is -3.16. The molecule has 2 aromatic carbocycles. The van der Waals surface area contributed by atoms with Crippen LogP contribution in [0.25, 0.3) is 10.9 Å². The van der Waals surface area contributed by atoms with Gasteiger partial charge in [-0.05, 0) is 51.7 Å². The van der Waals surface area contributed by atoms with Crippen molar-refractivity contribution in [1.82, 2.24) is 14.9 Å². The highest BCUT2D eigenvalue weighted by molar-refractivity contribution is 5.91. The number of aliphatic hydroxyl groups is 1. The predicted octanol–water partition coefficient (Wildman–Crippen LogP) is 5.74. The van der Waals surface area contributed by atoms with E-state index in [1.54, 1.807) is 45.0 Å². The summed E-state index contributed by atoms with van der Waals surface area (Å²) in [6.45, 7) is 3.21. The Morgan fingerprint density at radius 3 is 2.46 bits per heavy atom. The molecule has 2 N–H and O–H groups in total. The van der Waals surface area contributed by atoms with Crippen LogP contribution >= 0.6 is 0 Å². The molecule has 1 aromatic heterocycles. The Labute approximate surface area is 224 Å². The zero-order chi connectivity index (χ0) is 28.7. The van der Waals surface area contributed by atoms with Crippen LogP contribution in [0, 0.1) is 18.7 Å². The van der Waals surface area contributed by atoms with E-state index in [4.69, 9.17) is 4.74 Å². The topological polar surface area (TPSA) is 87.6 Å². The second-order valence-corrected chi connectivity index (χ2v) is 10.3. The van der Waals surface area contributed by atoms with E-state index in [0.29, 0.717) is 59.8 Å². The SMILES string of the molecule is COc1cc2nc(C)nc(N[C@H](C)c3cccc(C(F)(F)F)c3F)c2cc1C1(O)CCC(C(=O)N(C)C)CC1. The minimum absolute atomic E-state index is 0.0219. The Balaban J connectivity index is 1.73. The molecule has 3 aromatic rings. The fourth-order valence-electron chi connectivity index (χ4n) is 5.28. The Morgan fingerprint density at radius 1 is 1.21 bits per heavy atom. The summed E-state index contributed by atoms with van der Waals surface area (Å²) < 4.78 is 60.3. The summed E-state index contributed by atoms with van der Waals surface area (Å²) in [7, 11) is 4.90. The van der Waals surface area contributed by atoms with Crippen molar-refractivity contribution in [3.8, 4) is 5.75 Å². The third kappa shape index (κ3) is 5.63. The first-order valence-electron chi connectivity index (χ1n) is 12.7. The maximum Gasteiger partial charge on any atom is 0.419 e. The zero-order valence-corrected chi connectivity index (χ0v) is 22.5. The van der Waals surface area contributed by atoms with Crippen LogP contribution < -0.4 is 10.1 Å². The molecule has 0 radical (unpaired) electrons. The standard InChI is InChI=1S/C28H32F4N4O3/c1-15(18-7-6-8-20(24(18)29)28(30,31)32)33-25-19-13-21(23(39-5)14-22(19)34-16(2)35-25)27(38)11-9-17(10-12-27)26(37)36(3)4/h6-8,13-15,17,38H,9-12H2,1-5H3,(H,33,34,35)/t15-,17?,27?/m1/s1. The van der Waals surface area contributed by atoms with Crippen molar-refractivity contribution < 1.29 is 32.2 Å². The highest BCUT2D eigenvalue weighted by Crippen LogP contribution is 2.45. The number of ether oxygens (including phenoxy) is 1. The number of benzene rings is 2. The van der Waals surface area contributed by atoms with E-state index in [9.17, 15) is 27.5 Å². The fraction of sp³-hybridized carbons (Fsp3) is 0.464. The van der Waals surface area contributed by atoms with Gasteiger partial charge in [-0.1, -0.05) is 12.1 Å². The number of amides is 1. The average Bonchev–Trinajstić information content (AvgIpc) is 2.87. The van der Waals surface area contributed by atoms with E-state index in [1.807, 2.05) is 0 Å². The molecule has 1 saturated carbocycles. The number of hydrogen-bond donors (Lipinski definition) is 2. The molecule has 7 nitrogen and oxygen atoms in total. The third-order valence-electron chi connectivity index (χ3n) is 7.39. The van der Waals surface area contributed by atoms with Crippen LogP contribution in [0.3, 0.4) is 0 Å². The molecule has 0 bridgehead atoms. The van der Waals surface area contributed by atoms with Crippen LogP contribution in [-0.4, -0.2) is 47.1 Å². The molecule has 39 heavy (non-hydrogen) atoms. The van der Waals surface area contributed by atoms with Crippen molar-refractivity contribution in [2.24, 2.45) is 5.92 Å². The van der Waals surface area contributed by atoms with E-state index in [2.05, 4.69) is 15.3 Å². The molecule has 0 unspecified atom stereocenters. The van der Waals surface area contributed by atoms with Gasteiger partial charge < -0.3 is 20.1 Å². The van der Waals surface area contributed by atoms with Crippen LogP contribution in [0.5, 0.6) is 5.75 Å². The van der Waals surface area contributed by atoms with Gasteiger partial charge in [0.15, 0.2) is 0 Å². The Bertz CT molecular complexity index is 1390. The van der Waals surface area contributed by atoms with Crippen LogP contribution in [0.15, 0.2) is 30.3 Å². The molecule has 1 heterocycles. The minimum Gasteiger partial charge on any atom is -0.496 e. The smallest absolute Gasteiger partial charge is 0.419 e. The lowest BCUT2D eigenvalue weighted by atomic mass is 9.74. The van der Waals surface area contributed by atoms with Gasteiger partial charge in [-0.15, -0.1) is 0 Å². The minimum atomic E-state index is -4.82. The summed E-state index contributed by atoms with van der Waals surface area (Å²) >= 11 is 0. The number of nitrogens with zero attached hydrogens (tertiary/aromatic N) is 3. The number of carbonyl (C=O) groups excluding carboxylic acids is 1. The van der Waals surface area contributed by atoms with Gasteiger partial charge in [-0.3, -0.25) is 4.79 Å². The molecule has 11 heteroatoms. The quantitative estimate of drug-likeness (QED) is 0.382. The van der Waals surface area contributed by atoms with Gasteiger partial charge >= 0.3 is 6.18 Å². The van der Waals surface area contributed by atoms with Crippen LogP contribution in [-0.2, 0) is 16.6 Å². The second-order valence-electron chi connectivity index (χ2n) is 10.3. The number of alkyl halides is 3. The van der Waals surface area contributed by atoms with E-state index in [-0.39, 0.29) is 23.2 Å². The van der Waals surface area contributed by atoms with Crippen molar-refractivity contribution >= 4 is 22.6 Å². The zero-order valence-electron chi connectivity index (χ0n) is 22.5. The lowest BCUT2D eigenvalue weighted by Crippen LogP contribution is -2.38. The van der Waals surface area contributed by atoms with E-state index >= 15 is 0 Å². The molecule has 210 valence electrons. The van der Waals surface area contributed by atoms with Crippen molar-refractivity contribution in [3.05, 3.63) is 58.7 Å². The summed E-state index contributed by atoms with van der Waals surface area (Å²) in [6, 6.07) is 5.68. The Morgan fingerprint density at radius 2 is 1.87 bits per heavy atom. The number of anilines is 1. The summed E-state index contributed by atoms with van der Waals surface area (Å²) in [5, 5.41) is 15.2. The van der Waals surface area contributed by atoms with Crippen molar-refractivity contribution in [2.75, 3.05) is 26.5 Å². The molecule has 1 amide bonds. The number of methoxy groups -OCH3 is 1. The summed E-state index contributed by atoms with van der Waals surface area (Å²) in [5.41, 5.74) is -1.78. The van der Waals surface area contributed by atoms with Crippen LogP contribution in [0.2, 0.25) is 0 Å². The molecule has 1 aliphatic rings. The predicted molar refractivity (Wildman–Crippen MR) is 139 cm³/mol. The fourth-order valence-corrected chi connectivity index (χ4v) is 5.28. The Hall–Kier alpha value is -3.47. The molecular formula is C28H32F4N4O3. The van der Waals surface area contributed by atoms with Crippen LogP contribution in [0.4, 0.5) is 23.4 Å². The average molecular weight is 549 g/mol. The van der Waals surface area contributed by atoms with Gasteiger partial charge in [0.05, 0.1) is 29.8 Å². The number of fused-ring (bicyclic) bond motifs is 1. The number of aryl methyl sites for hydroxylation is 1. The van der Waals surface area contributed by atoms with Crippen molar-refractivity contribution in [2.45, 2.75) is 57.3 Å². The van der Waals surface area contributed by atoms with Gasteiger partial charge in [0.25, 0.3) is 0 Å². The molecule has 1 atom stereocenters. The first-order chi connectivity index (χ1) is 18.2. The maximum absolute atomic E-state index is 14.8. The molecule has 4 rings (SSSR count). The van der Waals surface area contributed by atoms with Gasteiger partial charge in [0.2, 0.25) is 5.91 Å². The number of rotatable bonds is 6. The molecular weight excluding hydrogens is 516 g/mol.